The second kappa shape index (κ2) is 8.32. The summed E-state index contributed by atoms with van der Waals surface area (Å²) in [6, 6.07) is 28.8. The van der Waals surface area contributed by atoms with Gasteiger partial charge in [-0.05, 0) is 47.3 Å². The number of ether oxygens (including phenoxy) is 1. The topological polar surface area (TPSA) is 52.0 Å². The first-order valence-corrected chi connectivity index (χ1v) is 10.2. The summed E-state index contributed by atoms with van der Waals surface area (Å²) in [5, 5.41) is 4.66. The van der Waals surface area contributed by atoms with Crippen molar-refractivity contribution in [3.8, 4) is 17.0 Å². The lowest BCUT2D eigenvalue weighted by Crippen LogP contribution is -2.00. The Balaban J connectivity index is 1.39. The molecule has 0 saturated heterocycles. The highest BCUT2D eigenvalue weighted by atomic mass is 16.5. The van der Waals surface area contributed by atoms with Gasteiger partial charge in [-0.15, -0.1) is 0 Å². The fourth-order valence-electron chi connectivity index (χ4n) is 3.80. The number of para-hydroxylation sites is 2. The van der Waals surface area contributed by atoms with Crippen LogP contribution in [-0.4, -0.2) is 21.6 Å². The lowest BCUT2D eigenvalue weighted by Gasteiger charge is -2.11. The average molecular weight is 406 g/mol. The Morgan fingerprint density at radius 2 is 1.74 bits per heavy atom. The van der Waals surface area contributed by atoms with Gasteiger partial charge in [0.15, 0.2) is 0 Å². The summed E-state index contributed by atoms with van der Waals surface area (Å²) >= 11 is 0. The second-order valence-corrected chi connectivity index (χ2v) is 7.32. The Hall–Kier alpha value is -4.12. The first kappa shape index (κ1) is 18.9. The van der Waals surface area contributed by atoms with E-state index >= 15 is 0 Å². The van der Waals surface area contributed by atoms with Gasteiger partial charge >= 0.3 is 0 Å². The summed E-state index contributed by atoms with van der Waals surface area (Å²) in [5.74, 6) is 1.52. The number of anilines is 2. The molecule has 3 aromatic carbocycles. The van der Waals surface area contributed by atoms with Gasteiger partial charge in [-0.3, -0.25) is 0 Å². The Morgan fingerprint density at radius 1 is 0.871 bits per heavy atom. The van der Waals surface area contributed by atoms with Crippen LogP contribution in [0.5, 0.6) is 5.75 Å². The van der Waals surface area contributed by atoms with Crippen LogP contribution in [0.4, 0.5) is 11.5 Å². The average Bonchev–Trinajstić information content (AvgIpc) is 3.22. The number of hydrogen-bond acceptors (Lipinski definition) is 4. The van der Waals surface area contributed by atoms with Crippen LogP contribution in [0.25, 0.3) is 22.2 Å². The molecule has 1 N–H and O–H groups in total. The van der Waals surface area contributed by atoms with E-state index in [-0.39, 0.29) is 0 Å². The number of benzene rings is 3. The molecule has 0 unspecified atom stereocenters. The Kier molecular flexibility index (Phi) is 5.07. The van der Waals surface area contributed by atoms with Crippen LogP contribution in [0.1, 0.15) is 5.56 Å². The molecule has 152 valence electrons. The quantitative estimate of drug-likeness (QED) is 0.381. The molecule has 0 bridgehead atoms. The van der Waals surface area contributed by atoms with Gasteiger partial charge in [-0.1, -0.05) is 42.5 Å². The molecule has 5 aromatic rings. The molecule has 2 heterocycles. The fraction of sp³-hybridized carbons (Fsp3) is 0.0769. The molecule has 0 aliphatic carbocycles. The predicted molar refractivity (Wildman–Crippen MR) is 125 cm³/mol. The summed E-state index contributed by atoms with van der Waals surface area (Å²) in [7, 11) is 1.67. The predicted octanol–water partition coefficient (Wildman–Crippen LogP) is 5.90. The molecule has 31 heavy (non-hydrogen) atoms. The minimum Gasteiger partial charge on any atom is -0.496 e. The van der Waals surface area contributed by atoms with Gasteiger partial charge in [0.1, 0.15) is 17.9 Å². The molecule has 0 amide bonds. The molecule has 0 saturated carbocycles. The van der Waals surface area contributed by atoms with E-state index in [1.54, 1.807) is 13.4 Å². The van der Waals surface area contributed by atoms with E-state index in [0.717, 1.165) is 35.1 Å². The molecule has 0 aliphatic rings. The number of hydrogen-bond donors (Lipinski definition) is 1. The van der Waals surface area contributed by atoms with Gasteiger partial charge in [-0.25, -0.2) is 9.97 Å². The van der Waals surface area contributed by atoms with Crippen molar-refractivity contribution >= 4 is 22.4 Å². The molecule has 5 nitrogen and oxygen atoms in total. The summed E-state index contributed by atoms with van der Waals surface area (Å²) in [6.07, 6.45) is 3.70. The fourth-order valence-corrected chi connectivity index (χ4v) is 3.80. The zero-order valence-electron chi connectivity index (χ0n) is 17.2. The number of nitrogens with zero attached hydrogens (tertiary/aromatic N) is 3. The van der Waals surface area contributed by atoms with E-state index in [0.29, 0.717) is 0 Å². The van der Waals surface area contributed by atoms with E-state index in [2.05, 4.69) is 74.6 Å². The van der Waals surface area contributed by atoms with Crippen LogP contribution in [0.3, 0.4) is 0 Å². The van der Waals surface area contributed by atoms with Gasteiger partial charge in [0, 0.05) is 35.6 Å². The monoisotopic (exact) mass is 406 g/mol. The summed E-state index contributed by atoms with van der Waals surface area (Å²) < 4.78 is 7.73. The van der Waals surface area contributed by atoms with Gasteiger partial charge in [0.05, 0.1) is 12.8 Å². The molecule has 0 atom stereocenters. The highest BCUT2D eigenvalue weighted by Crippen LogP contribution is 2.29. The lowest BCUT2D eigenvalue weighted by atomic mass is 10.1. The van der Waals surface area contributed by atoms with Gasteiger partial charge in [0.2, 0.25) is 0 Å². The normalized spacial score (nSPS) is 10.9. The van der Waals surface area contributed by atoms with Crippen LogP contribution < -0.4 is 10.1 Å². The van der Waals surface area contributed by atoms with Crippen molar-refractivity contribution in [3.63, 3.8) is 0 Å². The molecular formula is C26H22N4O. The summed E-state index contributed by atoms with van der Waals surface area (Å²) in [4.78, 5) is 8.82. The number of methoxy groups -OCH3 is 1. The van der Waals surface area contributed by atoms with Crippen molar-refractivity contribution < 1.29 is 4.74 Å². The van der Waals surface area contributed by atoms with Crippen molar-refractivity contribution in [2.24, 2.45) is 0 Å². The molecule has 0 aliphatic heterocycles. The SMILES string of the molecule is COc1ccccc1-c1cc(Nc2cccc(Cn3ccc4ccccc43)c2)ncn1. The first-order chi connectivity index (χ1) is 15.3. The molecule has 0 radical (unpaired) electrons. The third kappa shape index (κ3) is 3.98. The Bertz CT molecular complexity index is 1340. The van der Waals surface area contributed by atoms with Crippen LogP contribution in [0.15, 0.2) is 97.5 Å². The molecule has 2 aromatic heterocycles. The minimum atomic E-state index is 0.736. The summed E-state index contributed by atoms with van der Waals surface area (Å²) in [5.41, 5.74) is 5.18. The van der Waals surface area contributed by atoms with Crippen molar-refractivity contribution in [2.45, 2.75) is 6.54 Å². The van der Waals surface area contributed by atoms with Gasteiger partial charge < -0.3 is 14.6 Å². The van der Waals surface area contributed by atoms with E-state index in [1.807, 2.05) is 36.4 Å². The van der Waals surface area contributed by atoms with E-state index in [9.17, 15) is 0 Å². The Morgan fingerprint density at radius 3 is 2.68 bits per heavy atom. The van der Waals surface area contributed by atoms with Crippen molar-refractivity contribution in [2.75, 3.05) is 12.4 Å². The zero-order chi connectivity index (χ0) is 21.0. The maximum Gasteiger partial charge on any atom is 0.134 e. The first-order valence-electron chi connectivity index (χ1n) is 10.2. The molecular weight excluding hydrogens is 384 g/mol. The minimum absolute atomic E-state index is 0.736. The third-order valence-corrected chi connectivity index (χ3v) is 5.28. The highest BCUT2D eigenvalue weighted by Gasteiger charge is 2.08. The van der Waals surface area contributed by atoms with Crippen molar-refractivity contribution in [3.05, 3.63) is 103 Å². The number of fused-ring (bicyclic) bond motifs is 1. The van der Waals surface area contributed by atoms with Crippen LogP contribution in [-0.2, 0) is 6.54 Å². The van der Waals surface area contributed by atoms with Crippen LogP contribution in [0.2, 0.25) is 0 Å². The van der Waals surface area contributed by atoms with Gasteiger partial charge in [-0.2, -0.15) is 0 Å². The maximum atomic E-state index is 5.47. The van der Waals surface area contributed by atoms with Crippen LogP contribution >= 0.6 is 0 Å². The summed E-state index contributed by atoms with van der Waals surface area (Å²) in [6.45, 7) is 0.805. The Labute approximate surface area is 181 Å². The van der Waals surface area contributed by atoms with Crippen molar-refractivity contribution in [1.82, 2.24) is 14.5 Å². The molecule has 5 rings (SSSR count). The zero-order valence-corrected chi connectivity index (χ0v) is 17.2. The number of aromatic nitrogens is 3. The van der Waals surface area contributed by atoms with Gasteiger partial charge in [0.25, 0.3) is 0 Å². The molecule has 0 fully saturated rings. The number of nitrogens with one attached hydrogen (secondary N) is 1. The lowest BCUT2D eigenvalue weighted by molar-refractivity contribution is 0.416. The van der Waals surface area contributed by atoms with Crippen LogP contribution in [0, 0.1) is 0 Å². The molecule has 0 spiro atoms. The second-order valence-electron chi connectivity index (χ2n) is 7.32. The maximum absolute atomic E-state index is 5.47. The smallest absolute Gasteiger partial charge is 0.134 e. The largest absolute Gasteiger partial charge is 0.496 e. The number of rotatable bonds is 6. The highest BCUT2D eigenvalue weighted by molar-refractivity contribution is 5.80. The molecule has 5 heteroatoms. The standard InChI is InChI=1S/C26H22N4O/c1-31-25-12-5-3-10-22(25)23-16-26(28-18-27-23)29-21-9-6-7-19(15-21)17-30-14-13-20-8-2-4-11-24(20)30/h2-16,18H,17H2,1H3,(H,27,28,29). The third-order valence-electron chi connectivity index (χ3n) is 5.28. The van der Waals surface area contributed by atoms with E-state index in [1.165, 1.54) is 16.5 Å². The van der Waals surface area contributed by atoms with Crippen molar-refractivity contribution in [1.29, 1.82) is 0 Å². The van der Waals surface area contributed by atoms with E-state index < -0.39 is 0 Å². The van der Waals surface area contributed by atoms with E-state index in [4.69, 9.17) is 4.74 Å².